The van der Waals surface area contributed by atoms with Crippen LogP contribution in [0.1, 0.15) is 60.3 Å². The SMILES string of the molecule is C=C[C@](C)(O)CC[C@]1(C)[C@H](C)[C@@H](O)C[C@@]2(C)C(C)=CC(=O)C[C@H]12. The number of ketones is 1. The summed E-state index contributed by atoms with van der Waals surface area (Å²) in [7, 11) is 0. The second-order valence-electron chi connectivity index (χ2n) is 8.60. The molecule has 2 N–H and O–H groups in total. The Labute approximate surface area is 140 Å². The van der Waals surface area contributed by atoms with Gasteiger partial charge < -0.3 is 10.2 Å². The first kappa shape index (κ1) is 18.4. The number of carbonyl (C=O) groups is 1. The predicted molar refractivity (Wildman–Crippen MR) is 92.9 cm³/mol. The number of hydrogen-bond donors (Lipinski definition) is 2. The van der Waals surface area contributed by atoms with Gasteiger partial charge in [0, 0.05) is 6.42 Å². The van der Waals surface area contributed by atoms with Gasteiger partial charge in [-0.1, -0.05) is 32.4 Å². The molecule has 0 amide bonds. The normalized spacial score (nSPS) is 43.3. The minimum atomic E-state index is -0.912. The largest absolute Gasteiger partial charge is 0.393 e. The molecule has 0 aromatic carbocycles. The smallest absolute Gasteiger partial charge is 0.155 e. The Hall–Kier alpha value is -0.930. The Bertz CT molecular complexity index is 533. The lowest BCUT2D eigenvalue weighted by molar-refractivity contribution is -0.138. The highest BCUT2D eigenvalue weighted by atomic mass is 16.3. The number of hydrogen-bond acceptors (Lipinski definition) is 3. The zero-order valence-electron chi connectivity index (χ0n) is 15.2. The molecule has 0 aromatic heterocycles. The van der Waals surface area contributed by atoms with Crippen LogP contribution in [-0.4, -0.2) is 27.7 Å². The van der Waals surface area contributed by atoms with Crippen molar-refractivity contribution in [3.63, 3.8) is 0 Å². The van der Waals surface area contributed by atoms with Crippen molar-refractivity contribution in [1.29, 1.82) is 0 Å². The lowest BCUT2D eigenvalue weighted by atomic mass is 9.46. The van der Waals surface area contributed by atoms with Gasteiger partial charge in [0.15, 0.2) is 5.78 Å². The van der Waals surface area contributed by atoms with E-state index in [1.54, 1.807) is 19.1 Å². The number of rotatable bonds is 4. The van der Waals surface area contributed by atoms with Crippen molar-refractivity contribution >= 4 is 5.78 Å². The van der Waals surface area contributed by atoms with Crippen LogP contribution in [0.5, 0.6) is 0 Å². The first-order valence-electron chi connectivity index (χ1n) is 8.72. The van der Waals surface area contributed by atoms with Gasteiger partial charge in [0.25, 0.3) is 0 Å². The molecule has 0 spiro atoms. The highest BCUT2D eigenvalue weighted by Crippen LogP contribution is 2.61. The van der Waals surface area contributed by atoms with Crippen LogP contribution in [0, 0.1) is 22.7 Å². The summed E-state index contributed by atoms with van der Waals surface area (Å²) in [6, 6.07) is 0. The molecule has 2 aliphatic rings. The summed E-state index contributed by atoms with van der Waals surface area (Å²) in [6.07, 6.45) is 5.57. The molecule has 0 unspecified atom stereocenters. The van der Waals surface area contributed by atoms with E-state index in [4.69, 9.17) is 0 Å². The summed E-state index contributed by atoms with van der Waals surface area (Å²) in [4.78, 5) is 12.2. The Balaban J connectivity index is 2.40. The molecule has 0 radical (unpaired) electrons. The maximum Gasteiger partial charge on any atom is 0.155 e. The van der Waals surface area contributed by atoms with Gasteiger partial charge >= 0.3 is 0 Å². The standard InChI is InChI=1S/C20H32O3/c1-7-18(4,23)8-9-19(5)14(3)16(22)12-20(6)13(2)10-15(21)11-17(19)20/h7,10,14,16-17,22-23H,1,8-9,11-12H2,2-6H3/t14-,16+,17-,18+,19-,20+/m1/s1. The van der Waals surface area contributed by atoms with Crippen molar-refractivity contribution in [2.45, 2.75) is 72.0 Å². The molecule has 3 heteroatoms. The maximum atomic E-state index is 12.2. The van der Waals surface area contributed by atoms with Crippen molar-refractivity contribution in [3.8, 4) is 0 Å². The van der Waals surface area contributed by atoms with E-state index < -0.39 is 5.60 Å². The molecule has 1 saturated carbocycles. The van der Waals surface area contributed by atoms with Crippen molar-refractivity contribution in [3.05, 3.63) is 24.3 Å². The van der Waals surface area contributed by atoms with Crippen LogP contribution in [0.4, 0.5) is 0 Å². The van der Waals surface area contributed by atoms with Crippen molar-refractivity contribution in [2.24, 2.45) is 22.7 Å². The lowest BCUT2D eigenvalue weighted by Gasteiger charge is -2.59. The van der Waals surface area contributed by atoms with Gasteiger partial charge in [-0.2, -0.15) is 0 Å². The van der Waals surface area contributed by atoms with Crippen LogP contribution in [0.25, 0.3) is 0 Å². The lowest BCUT2D eigenvalue weighted by Crippen LogP contribution is -2.56. The summed E-state index contributed by atoms with van der Waals surface area (Å²) in [6.45, 7) is 14.0. The van der Waals surface area contributed by atoms with Crippen LogP contribution < -0.4 is 0 Å². The molecule has 0 aliphatic heterocycles. The number of allylic oxidation sites excluding steroid dienone is 2. The fraction of sp³-hybridized carbons (Fsp3) is 0.750. The van der Waals surface area contributed by atoms with Crippen molar-refractivity contribution < 1.29 is 15.0 Å². The Morgan fingerprint density at radius 3 is 2.65 bits per heavy atom. The van der Waals surface area contributed by atoms with Crippen molar-refractivity contribution in [1.82, 2.24) is 0 Å². The van der Waals surface area contributed by atoms with Gasteiger partial charge in [-0.25, -0.2) is 0 Å². The quantitative estimate of drug-likeness (QED) is 0.777. The van der Waals surface area contributed by atoms with E-state index >= 15 is 0 Å². The van der Waals surface area contributed by atoms with Gasteiger partial charge in [0.1, 0.15) is 0 Å². The van der Waals surface area contributed by atoms with E-state index in [-0.39, 0.29) is 34.6 Å². The van der Waals surface area contributed by atoms with Gasteiger partial charge in [-0.3, -0.25) is 4.79 Å². The average Bonchev–Trinajstić information content (AvgIpc) is 2.47. The molecule has 2 aliphatic carbocycles. The topological polar surface area (TPSA) is 57.5 Å². The predicted octanol–water partition coefficient (Wildman–Crippen LogP) is 3.65. The monoisotopic (exact) mass is 320 g/mol. The molecule has 0 heterocycles. The van der Waals surface area contributed by atoms with Gasteiger partial charge in [-0.15, -0.1) is 6.58 Å². The molecule has 0 aromatic rings. The Morgan fingerprint density at radius 1 is 1.48 bits per heavy atom. The van der Waals surface area contributed by atoms with E-state index in [1.807, 2.05) is 6.92 Å². The van der Waals surface area contributed by atoms with E-state index in [2.05, 4.69) is 27.4 Å². The zero-order valence-corrected chi connectivity index (χ0v) is 15.2. The van der Waals surface area contributed by atoms with E-state index in [9.17, 15) is 15.0 Å². The molecule has 2 rings (SSSR count). The summed E-state index contributed by atoms with van der Waals surface area (Å²) in [5.41, 5.74) is -0.156. The second-order valence-corrected chi connectivity index (χ2v) is 8.60. The Morgan fingerprint density at radius 2 is 2.09 bits per heavy atom. The third-order valence-corrected chi connectivity index (χ3v) is 7.11. The molecule has 1 fully saturated rings. The molecular formula is C20H32O3. The first-order chi connectivity index (χ1) is 10.5. The molecular weight excluding hydrogens is 288 g/mol. The van der Waals surface area contributed by atoms with Crippen LogP contribution in [0.15, 0.2) is 24.3 Å². The molecule has 130 valence electrons. The van der Waals surface area contributed by atoms with Gasteiger partial charge in [0.05, 0.1) is 11.7 Å². The summed E-state index contributed by atoms with van der Waals surface area (Å²) >= 11 is 0. The van der Waals surface area contributed by atoms with Crippen LogP contribution in [0.2, 0.25) is 0 Å². The number of aliphatic hydroxyl groups is 2. The highest BCUT2D eigenvalue weighted by Gasteiger charge is 2.57. The fourth-order valence-corrected chi connectivity index (χ4v) is 4.83. The summed E-state index contributed by atoms with van der Waals surface area (Å²) in [5.74, 6) is 0.488. The highest BCUT2D eigenvalue weighted by molar-refractivity contribution is 5.92. The number of aliphatic hydroxyl groups excluding tert-OH is 1. The van der Waals surface area contributed by atoms with Crippen LogP contribution in [-0.2, 0) is 4.79 Å². The van der Waals surface area contributed by atoms with Crippen LogP contribution >= 0.6 is 0 Å². The molecule has 0 bridgehead atoms. The average molecular weight is 320 g/mol. The van der Waals surface area contributed by atoms with E-state index in [0.29, 0.717) is 19.3 Å². The van der Waals surface area contributed by atoms with Gasteiger partial charge in [0.2, 0.25) is 0 Å². The minimum absolute atomic E-state index is 0.0971. The molecule has 6 atom stereocenters. The third kappa shape index (κ3) is 3.06. The third-order valence-electron chi connectivity index (χ3n) is 7.11. The van der Waals surface area contributed by atoms with Crippen LogP contribution in [0.3, 0.4) is 0 Å². The van der Waals surface area contributed by atoms with E-state index in [0.717, 1.165) is 12.0 Å². The fourth-order valence-electron chi connectivity index (χ4n) is 4.83. The molecule has 3 nitrogen and oxygen atoms in total. The number of carbonyl (C=O) groups excluding carboxylic acids is 1. The minimum Gasteiger partial charge on any atom is -0.393 e. The second kappa shape index (κ2) is 5.86. The molecule has 0 saturated heterocycles. The summed E-state index contributed by atoms with van der Waals surface area (Å²) in [5, 5.41) is 21.0. The Kier molecular flexibility index (Phi) is 4.69. The maximum absolute atomic E-state index is 12.2. The summed E-state index contributed by atoms with van der Waals surface area (Å²) < 4.78 is 0. The van der Waals surface area contributed by atoms with Gasteiger partial charge in [-0.05, 0) is 61.9 Å². The first-order valence-corrected chi connectivity index (χ1v) is 8.72. The van der Waals surface area contributed by atoms with E-state index in [1.165, 1.54) is 0 Å². The molecule has 23 heavy (non-hydrogen) atoms. The number of fused-ring (bicyclic) bond motifs is 1. The zero-order chi connectivity index (χ0) is 17.6. The van der Waals surface area contributed by atoms with Crippen molar-refractivity contribution in [2.75, 3.05) is 0 Å².